The first kappa shape index (κ1) is 38.4. The van der Waals surface area contributed by atoms with Crippen molar-refractivity contribution in [1.29, 1.82) is 10.5 Å². The predicted molar refractivity (Wildman–Crippen MR) is 206 cm³/mol. The highest BCUT2D eigenvalue weighted by Crippen LogP contribution is 2.46. The number of benzene rings is 5. The molecule has 0 spiro atoms. The fourth-order valence-electron chi connectivity index (χ4n) is 5.16. The lowest BCUT2D eigenvalue weighted by molar-refractivity contribution is 0.417. The Bertz CT molecular complexity index is 1600. The van der Waals surface area contributed by atoms with E-state index < -0.39 is 15.8 Å². The molecule has 0 N–H and O–H groups in total. The van der Waals surface area contributed by atoms with Crippen molar-refractivity contribution in [3.63, 3.8) is 0 Å². The number of para-hydroxylation sites is 5. The van der Waals surface area contributed by atoms with Crippen molar-refractivity contribution in [3.8, 4) is 35.1 Å². The fourth-order valence-corrected chi connectivity index (χ4v) is 10.5. The Morgan fingerprint density at radius 1 is 0.449 bits per heavy atom. The molecule has 0 aromatic heterocycles. The van der Waals surface area contributed by atoms with Gasteiger partial charge in [0.15, 0.2) is 0 Å². The molecule has 0 heterocycles. The van der Waals surface area contributed by atoms with Crippen molar-refractivity contribution in [1.82, 2.24) is 0 Å². The molecule has 252 valence electrons. The molecule has 0 radical (unpaired) electrons. The topological polar surface area (TPSA) is 87.7 Å². The van der Waals surface area contributed by atoms with E-state index in [1.165, 1.54) is 35.1 Å². The first-order valence-corrected chi connectivity index (χ1v) is 18.6. The van der Waals surface area contributed by atoms with Crippen LogP contribution in [0.1, 0.15) is 13.8 Å². The quantitative estimate of drug-likeness (QED) is 0.117. The molecule has 0 aliphatic heterocycles. The molecular formula is C40H43N3O4P2. The molecule has 5 rings (SSSR count). The summed E-state index contributed by atoms with van der Waals surface area (Å²) in [5, 5.41) is 19.3. The summed E-state index contributed by atoms with van der Waals surface area (Å²) in [6, 6.07) is 47.5. The number of ether oxygens (including phenoxy) is 4. The summed E-state index contributed by atoms with van der Waals surface area (Å²) >= 11 is 0. The number of anilines is 1. The van der Waals surface area contributed by atoms with Gasteiger partial charge in [0, 0.05) is 53.3 Å². The van der Waals surface area contributed by atoms with Gasteiger partial charge in [0.25, 0.3) is 0 Å². The van der Waals surface area contributed by atoms with E-state index >= 15 is 0 Å². The van der Waals surface area contributed by atoms with Crippen LogP contribution < -0.4 is 45.1 Å². The lowest BCUT2D eigenvalue weighted by atomic mass is 10.3. The number of nitrogens with zero attached hydrogens (tertiary/aromatic N) is 3. The zero-order chi connectivity index (χ0) is 35.4. The van der Waals surface area contributed by atoms with Gasteiger partial charge in [-0.05, 0) is 52.2 Å². The van der Waals surface area contributed by atoms with E-state index in [4.69, 9.17) is 29.5 Å². The normalized spacial score (nSPS) is 9.92. The summed E-state index contributed by atoms with van der Waals surface area (Å²) in [6.45, 7) is 2.86. The predicted octanol–water partition coefficient (Wildman–Crippen LogP) is 7.77. The first-order chi connectivity index (χ1) is 24.0. The van der Waals surface area contributed by atoms with Gasteiger partial charge >= 0.3 is 0 Å². The van der Waals surface area contributed by atoms with Crippen LogP contribution in [0, 0.1) is 22.7 Å². The molecule has 0 bridgehead atoms. The minimum Gasteiger partial charge on any atom is -0.496 e. The maximum absolute atomic E-state index is 7.32. The second-order valence-electron chi connectivity index (χ2n) is 10.1. The van der Waals surface area contributed by atoms with Crippen LogP contribution in [-0.4, -0.2) is 41.0 Å². The van der Waals surface area contributed by atoms with Gasteiger partial charge < -0.3 is 23.8 Å². The van der Waals surface area contributed by atoms with Gasteiger partial charge in [-0.1, -0.05) is 91.0 Å². The summed E-state index contributed by atoms with van der Waals surface area (Å²) in [6.07, 6.45) is 1.51. The van der Waals surface area contributed by atoms with E-state index in [1.54, 1.807) is 40.6 Å². The molecule has 0 saturated carbocycles. The Morgan fingerprint density at radius 2 is 0.694 bits per heavy atom. The summed E-state index contributed by atoms with van der Waals surface area (Å²) < 4.78 is 23.7. The SMILES string of the molecule is CC#N.CC#N.COc1ccccc1P(CN(CP(c1ccccc1OC)c1ccccc1OC)c1ccccc1)c1ccccc1OC. The minimum atomic E-state index is -0.934. The van der Waals surface area contributed by atoms with Crippen molar-refractivity contribution in [3.05, 3.63) is 127 Å². The zero-order valence-corrected chi connectivity index (χ0v) is 30.7. The summed E-state index contributed by atoms with van der Waals surface area (Å²) in [7, 11) is 5.10. The van der Waals surface area contributed by atoms with Crippen LogP contribution in [0.3, 0.4) is 0 Å². The molecule has 0 atom stereocenters. The van der Waals surface area contributed by atoms with Crippen LogP contribution >= 0.6 is 15.8 Å². The Hall–Kier alpha value is -5.06. The van der Waals surface area contributed by atoms with Gasteiger partial charge in [-0.15, -0.1) is 0 Å². The molecule has 0 aliphatic carbocycles. The largest absolute Gasteiger partial charge is 0.496 e. The van der Waals surface area contributed by atoms with E-state index in [-0.39, 0.29) is 0 Å². The van der Waals surface area contributed by atoms with E-state index in [0.29, 0.717) is 0 Å². The minimum absolute atomic E-state index is 0.753. The molecule has 0 aliphatic rings. The van der Waals surface area contributed by atoms with Crippen LogP contribution in [0.2, 0.25) is 0 Å². The van der Waals surface area contributed by atoms with Gasteiger partial charge in [-0.3, -0.25) is 0 Å². The molecule has 0 saturated heterocycles. The third-order valence-electron chi connectivity index (χ3n) is 7.25. The standard InChI is InChI=1S/C36H37NO4P2.2C2H3N/c1-38-29-18-8-12-22-33(29)42(34-23-13-9-19-30(34)39-2)26-37(28-16-6-5-7-17-28)27-43(35-24-14-10-20-31(35)40-3)36-25-15-11-21-32(36)41-4;2*1-2-3/h5-25H,26-27H2,1-4H3;2*1H3. The van der Waals surface area contributed by atoms with Crippen molar-refractivity contribution in [2.75, 3.05) is 45.9 Å². The molecule has 49 heavy (non-hydrogen) atoms. The van der Waals surface area contributed by atoms with Crippen LogP contribution in [0.15, 0.2) is 127 Å². The van der Waals surface area contributed by atoms with E-state index in [9.17, 15) is 0 Å². The zero-order valence-electron chi connectivity index (χ0n) is 28.9. The number of rotatable bonds is 13. The van der Waals surface area contributed by atoms with Crippen LogP contribution in [-0.2, 0) is 0 Å². The molecular weight excluding hydrogens is 648 g/mol. The highest BCUT2D eigenvalue weighted by atomic mass is 31.1. The maximum atomic E-state index is 7.32. The van der Waals surface area contributed by atoms with Gasteiger partial charge in [0.05, 0.1) is 40.6 Å². The van der Waals surface area contributed by atoms with Gasteiger partial charge in [0.1, 0.15) is 23.0 Å². The first-order valence-electron chi connectivity index (χ1n) is 15.5. The van der Waals surface area contributed by atoms with Crippen LogP contribution in [0.4, 0.5) is 5.69 Å². The lowest BCUT2D eigenvalue weighted by Gasteiger charge is -2.35. The third kappa shape index (κ3) is 10.5. The highest BCUT2D eigenvalue weighted by molar-refractivity contribution is 7.74. The average Bonchev–Trinajstić information content (AvgIpc) is 3.16. The fraction of sp³-hybridized carbons (Fsp3) is 0.200. The summed E-state index contributed by atoms with van der Waals surface area (Å²) in [5.41, 5.74) is 1.15. The van der Waals surface area contributed by atoms with Crippen molar-refractivity contribution < 1.29 is 18.9 Å². The molecule has 5 aromatic rings. The molecule has 0 fully saturated rings. The van der Waals surface area contributed by atoms with Gasteiger partial charge in [-0.25, -0.2) is 0 Å². The Morgan fingerprint density at radius 3 is 0.959 bits per heavy atom. The average molecular weight is 692 g/mol. The molecule has 9 heteroatoms. The number of methoxy groups -OCH3 is 4. The molecule has 0 amide bonds. The van der Waals surface area contributed by atoms with Gasteiger partial charge in [0.2, 0.25) is 0 Å². The highest BCUT2D eigenvalue weighted by Gasteiger charge is 2.29. The Labute approximate surface area is 293 Å². The smallest absolute Gasteiger partial charge is 0.126 e. The molecule has 7 nitrogen and oxygen atoms in total. The monoisotopic (exact) mass is 691 g/mol. The number of nitriles is 2. The van der Waals surface area contributed by atoms with E-state index in [1.807, 2.05) is 48.5 Å². The Balaban J connectivity index is 0.00000101. The van der Waals surface area contributed by atoms with Crippen molar-refractivity contribution in [2.24, 2.45) is 0 Å². The summed E-state index contributed by atoms with van der Waals surface area (Å²) in [4.78, 5) is 2.51. The summed E-state index contributed by atoms with van der Waals surface area (Å²) in [5.74, 6) is 3.52. The van der Waals surface area contributed by atoms with Crippen LogP contribution in [0.5, 0.6) is 23.0 Å². The third-order valence-corrected chi connectivity index (χ3v) is 12.3. The lowest BCUT2D eigenvalue weighted by Crippen LogP contribution is -2.33. The second kappa shape index (κ2) is 21.0. The van der Waals surface area contributed by atoms with E-state index in [0.717, 1.165) is 41.3 Å². The Kier molecular flexibility index (Phi) is 16.5. The van der Waals surface area contributed by atoms with Crippen LogP contribution in [0.25, 0.3) is 0 Å². The number of hydrogen-bond acceptors (Lipinski definition) is 7. The van der Waals surface area contributed by atoms with E-state index in [2.05, 4.69) is 83.8 Å². The second-order valence-corrected chi connectivity index (χ2v) is 14.4. The molecule has 0 unspecified atom stereocenters. The number of hydrogen-bond donors (Lipinski definition) is 0. The molecule has 5 aromatic carbocycles. The van der Waals surface area contributed by atoms with Crippen molar-refractivity contribution in [2.45, 2.75) is 13.8 Å². The van der Waals surface area contributed by atoms with Gasteiger partial charge in [-0.2, -0.15) is 10.5 Å². The maximum Gasteiger partial charge on any atom is 0.126 e. The van der Waals surface area contributed by atoms with Crippen molar-refractivity contribution >= 4 is 42.7 Å².